The molecule has 1 atom stereocenters. The Hall–Kier alpha value is -2.49. The molecule has 1 aromatic carbocycles. The molecule has 2 aliphatic rings. The van der Waals surface area contributed by atoms with Gasteiger partial charge >= 0.3 is 5.97 Å². The van der Waals surface area contributed by atoms with Crippen LogP contribution in [0.5, 0.6) is 0 Å². The number of nitro groups is 1. The van der Waals surface area contributed by atoms with Crippen LogP contribution in [0.4, 0.5) is 5.69 Å². The van der Waals surface area contributed by atoms with Crippen molar-refractivity contribution in [3.05, 3.63) is 39.4 Å². The smallest absolute Gasteiger partial charge is 0.339 e. The fraction of sp³-hybridized carbons (Fsp3) is 0.600. The predicted octanol–water partition coefficient (Wildman–Crippen LogP) is 2.41. The molecule has 164 valence electrons. The number of esters is 1. The van der Waals surface area contributed by atoms with Crippen LogP contribution in [-0.2, 0) is 19.4 Å². The molecule has 0 bridgehead atoms. The van der Waals surface area contributed by atoms with E-state index in [2.05, 4.69) is 0 Å². The van der Waals surface area contributed by atoms with Crippen LogP contribution in [-0.4, -0.2) is 60.3 Å². The van der Waals surface area contributed by atoms with Gasteiger partial charge in [-0.3, -0.25) is 14.9 Å². The van der Waals surface area contributed by atoms with E-state index in [0.29, 0.717) is 6.42 Å². The number of nitro benzene ring substituents is 1. The molecule has 1 saturated heterocycles. The Bertz CT molecular complexity index is 938. The summed E-state index contributed by atoms with van der Waals surface area (Å²) in [6.45, 7) is 0.933. The number of amides is 1. The molecule has 9 nitrogen and oxygen atoms in total. The molecule has 0 N–H and O–H groups in total. The Kier molecular flexibility index (Phi) is 6.74. The first-order valence-corrected chi connectivity index (χ1v) is 11.9. The quantitative estimate of drug-likeness (QED) is 0.379. The van der Waals surface area contributed by atoms with Crippen LogP contribution in [0.3, 0.4) is 0 Å². The first-order valence-electron chi connectivity index (χ1n) is 10.1. The molecular formula is C20H26N2O7S. The maximum absolute atomic E-state index is 13.0. The van der Waals surface area contributed by atoms with E-state index in [1.54, 1.807) is 4.90 Å². The van der Waals surface area contributed by atoms with Crippen molar-refractivity contribution in [2.75, 3.05) is 18.1 Å². The number of ether oxygens (including phenoxy) is 1. The lowest BCUT2D eigenvalue weighted by atomic mass is 9.93. The van der Waals surface area contributed by atoms with Gasteiger partial charge in [0.25, 0.3) is 11.6 Å². The zero-order valence-corrected chi connectivity index (χ0v) is 17.7. The zero-order chi connectivity index (χ0) is 21.9. The summed E-state index contributed by atoms with van der Waals surface area (Å²) < 4.78 is 29.1. The van der Waals surface area contributed by atoms with E-state index in [4.69, 9.17) is 4.74 Å². The number of hydrogen-bond acceptors (Lipinski definition) is 7. The van der Waals surface area contributed by atoms with Gasteiger partial charge in [-0.1, -0.05) is 25.3 Å². The van der Waals surface area contributed by atoms with E-state index in [1.165, 1.54) is 25.1 Å². The third-order valence-corrected chi connectivity index (χ3v) is 7.66. The standard InChI is InChI=1S/C20H26N2O7S/c1-14-17(8-5-9-18(14)22(25)26)20(24)29-12-19(23)21(15-6-3-2-4-7-15)16-10-11-30(27,28)13-16/h5,8-9,15-16H,2-4,6-7,10-13H2,1H3. The largest absolute Gasteiger partial charge is 0.452 e. The van der Waals surface area contributed by atoms with Gasteiger partial charge in [-0.15, -0.1) is 0 Å². The SMILES string of the molecule is Cc1c(C(=O)OCC(=O)N(C2CCCCC2)C2CCS(=O)(=O)C2)cccc1[N+](=O)[O-]. The summed E-state index contributed by atoms with van der Waals surface area (Å²) in [5.74, 6) is -1.24. The number of nitrogens with zero attached hydrogens (tertiary/aromatic N) is 2. The summed E-state index contributed by atoms with van der Waals surface area (Å²) in [5, 5.41) is 11.1. The summed E-state index contributed by atoms with van der Waals surface area (Å²) >= 11 is 0. The van der Waals surface area contributed by atoms with Gasteiger partial charge in [-0.2, -0.15) is 0 Å². The highest BCUT2D eigenvalue weighted by Gasteiger charge is 2.38. The van der Waals surface area contributed by atoms with Crippen molar-refractivity contribution < 1.29 is 27.7 Å². The fourth-order valence-corrected chi connectivity index (χ4v) is 6.09. The summed E-state index contributed by atoms with van der Waals surface area (Å²) in [6, 6.07) is 3.65. The Morgan fingerprint density at radius 2 is 1.87 bits per heavy atom. The number of benzene rings is 1. The molecule has 2 fully saturated rings. The number of sulfone groups is 1. The zero-order valence-electron chi connectivity index (χ0n) is 16.9. The Morgan fingerprint density at radius 1 is 1.17 bits per heavy atom. The van der Waals surface area contributed by atoms with Crippen molar-refractivity contribution in [1.29, 1.82) is 0 Å². The van der Waals surface area contributed by atoms with Crippen LogP contribution in [0.15, 0.2) is 18.2 Å². The van der Waals surface area contributed by atoms with Gasteiger partial charge in [-0.05, 0) is 32.3 Å². The molecule has 0 spiro atoms. The Morgan fingerprint density at radius 3 is 2.47 bits per heavy atom. The molecule has 1 unspecified atom stereocenters. The highest BCUT2D eigenvalue weighted by atomic mass is 32.2. The van der Waals surface area contributed by atoms with Crippen molar-refractivity contribution in [2.24, 2.45) is 0 Å². The molecule has 1 heterocycles. The highest BCUT2D eigenvalue weighted by molar-refractivity contribution is 7.91. The topological polar surface area (TPSA) is 124 Å². The maximum atomic E-state index is 13.0. The number of carbonyl (C=O) groups excluding carboxylic acids is 2. The molecule has 3 rings (SSSR count). The second-order valence-corrected chi connectivity index (χ2v) is 10.2. The maximum Gasteiger partial charge on any atom is 0.339 e. The fourth-order valence-electron chi connectivity index (χ4n) is 4.38. The minimum Gasteiger partial charge on any atom is -0.452 e. The second-order valence-electron chi connectivity index (χ2n) is 7.93. The van der Waals surface area contributed by atoms with Crippen molar-refractivity contribution >= 4 is 27.4 Å². The van der Waals surface area contributed by atoms with Crippen molar-refractivity contribution in [3.63, 3.8) is 0 Å². The van der Waals surface area contributed by atoms with Crippen LogP contribution in [0.25, 0.3) is 0 Å². The van der Waals surface area contributed by atoms with E-state index < -0.39 is 39.3 Å². The first-order chi connectivity index (χ1) is 14.2. The van der Waals surface area contributed by atoms with Crippen LogP contribution in [0.1, 0.15) is 54.4 Å². The molecule has 1 aliphatic heterocycles. The molecule has 0 radical (unpaired) electrons. The van der Waals surface area contributed by atoms with E-state index in [1.807, 2.05) is 0 Å². The number of carbonyl (C=O) groups is 2. The van der Waals surface area contributed by atoms with E-state index in [-0.39, 0.29) is 34.4 Å². The van der Waals surface area contributed by atoms with Crippen molar-refractivity contribution in [2.45, 2.75) is 57.5 Å². The summed E-state index contributed by atoms with van der Waals surface area (Å²) in [7, 11) is -3.17. The minimum absolute atomic E-state index is 0.0321. The molecule has 1 aromatic rings. The van der Waals surface area contributed by atoms with Crippen LogP contribution >= 0.6 is 0 Å². The summed E-state index contributed by atoms with van der Waals surface area (Å²) in [4.78, 5) is 37.6. The van der Waals surface area contributed by atoms with Crippen LogP contribution < -0.4 is 0 Å². The Labute approximate surface area is 175 Å². The monoisotopic (exact) mass is 438 g/mol. The lowest BCUT2D eigenvalue weighted by molar-refractivity contribution is -0.385. The third-order valence-electron chi connectivity index (χ3n) is 5.91. The van der Waals surface area contributed by atoms with E-state index >= 15 is 0 Å². The van der Waals surface area contributed by atoms with Crippen molar-refractivity contribution in [3.8, 4) is 0 Å². The molecule has 0 aromatic heterocycles. The second kappa shape index (κ2) is 9.11. The average molecular weight is 439 g/mol. The molecular weight excluding hydrogens is 412 g/mol. The third kappa shape index (κ3) is 4.97. The average Bonchev–Trinajstić information content (AvgIpc) is 3.06. The summed E-state index contributed by atoms with van der Waals surface area (Å²) in [5.41, 5.74) is 0.00593. The molecule has 1 aliphatic carbocycles. The van der Waals surface area contributed by atoms with Gasteiger partial charge in [0.2, 0.25) is 0 Å². The van der Waals surface area contributed by atoms with Crippen LogP contribution in [0, 0.1) is 17.0 Å². The van der Waals surface area contributed by atoms with Gasteiger partial charge in [0.1, 0.15) is 0 Å². The van der Waals surface area contributed by atoms with Gasteiger partial charge in [0, 0.05) is 23.7 Å². The first kappa shape index (κ1) is 22.2. The normalized spacial score (nSPS) is 21.2. The number of rotatable bonds is 6. The van der Waals surface area contributed by atoms with E-state index in [0.717, 1.165) is 32.1 Å². The Balaban J connectivity index is 1.72. The van der Waals surface area contributed by atoms with Crippen molar-refractivity contribution in [1.82, 2.24) is 4.90 Å². The van der Waals surface area contributed by atoms with Crippen LogP contribution in [0.2, 0.25) is 0 Å². The highest BCUT2D eigenvalue weighted by Crippen LogP contribution is 2.28. The van der Waals surface area contributed by atoms with Gasteiger partial charge in [0.15, 0.2) is 16.4 Å². The number of hydrogen-bond donors (Lipinski definition) is 0. The van der Waals surface area contributed by atoms with Gasteiger partial charge in [-0.25, -0.2) is 13.2 Å². The molecule has 1 amide bonds. The minimum atomic E-state index is -3.17. The van der Waals surface area contributed by atoms with E-state index in [9.17, 15) is 28.1 Å². The van der Waals surface area contributed by atoms with Gasteiger partial charge < -0.3 is 9.64 Å². The lowest BCUT2D eigenvalue weighted by Crippen LogP contribution is -2.50. The molecule has 1 saturated carbocycles. The molecule has 30 heavy (non-hydrogen) atoms. The lowest BCUT2D eigenvalue weighted by Gasteiger charge is -2.38. The summed E-state index contributed by atoms with van der Waals surface area (Å²) in [6.07, 6.45) is 5.03. The molecule has 10 heteroatoms. The predicted molar refractivity (Wildman–Crippen MR) is 109 cm³/mol. The van der Waals surface area contributed by atoms with Gasteiger partial charge in [0.05, 0.1) is 22.0 Å².